The molecule has 256 valence electrons. The first kappa shape index (κ1) is 31.1. The third kappa shape index (κ3) is 5.19. The minimum absolute atomic E-state index is 0.628. The summed E-state index contributed by atoms with van der Waals surface area (Å²) in [6.07, 6.45) is 0. The second kappa shape index (κ2) is 12.6. The van der Waals surface area contributed by atoms with Crippen molar-refractivity contribution in [1.82, 2.24) is 19.5 Å². The SMILES string of the molecule is c1ccc(-c2nc(-c3ccccc3)nc(-c3cccc(-n4c5ccc6ccccc6c5c5c6ccccc6c(-c6ccc7ccccc7c6)cc54)c3)n2)cc1. The van der Waals surface area contributed by atoms with Crippen LogP contribution in [0.1, 0.15) is 0 Å². The molecule has 2 aromatic heterocycles. The first-order chi connectivity index (χ1) is 27.3. The van der Waals surface area contributed by atoms with E-state index < -0.39 is 0 Å². The number of fused-ring (bicyclic) bond motifs is 8. The highest BCUT2D eigenvalue weighted by Crippen LogP contribution is 2.44. The molecule has 0 spiro atoms. The zero-order chi connectivity index (χ0) is 36.3. The lowest BCUT2D eigenvalue weighted by atomic mass is 9.93. The number of rotatable bonds is 5. The van der Waals surface area contributed by atoms with Crippen molar-refractivity contribution in [3.8, 4) is 51.0 Å². The molecule has 0 aliphatic rings. The summed E-state index contributed by atoms with van der Waals surface area (Å²) in [5.41, 5.74) is 8.54. The molecule has 0 N–H and O–H groups in total. The topological polar surface area (TPSA) is 43.6 Å². The lowest BCUT2D eigenvalue weighted by molar-refractivity contribution is 1.07. The van der Waals surface area contributed by atoms with Gasteiger partial charge in [-0.2, -0.15) is 0 Å². The van der Waals surface area contributed by atoms with Gasteiger partial charge < -0.3 is 4.57 Å². The van der Waals surface area contributed by atoms with Gasteiger partial charge in [-0.1, -0.05) is 164 Å². The van der Waals surface area contributed by atoms with Crippen LogP contribution in [-0.2, 0) is 0 Å². The van der Waals surface area contributed by atoms with Crippen molar-refractivity contribution in [2.75, 3.05) is 0 Å². The van der Waals surface area contributed by atoms with Gasteiger partial charge in [0.05, 0.1) is 11.0 Å². The van der Waals surface area contributed by atoms with E-state index in [0.29, 0.717) is 17.5 Å². The highest BCUT2D eigenvalue weighted by atomic mass is 15.0. The summed E-state index contributed by atoms with van der Waals surface area (Å²) in [6.45, 7) is 0. The van der Waals surface area contributed by atoms with Gasteiger partial charge in [-0.15, -0.1) is 0 Å². The Bertz CT molecular complexity index is 3200. The second-order valence-corrected chi connectivity index (χ2v) is 14.0. The largest absolute Gasteiger partial charge is 0.309 e. The molecule has 0 aliphatic carbocycles. The molecule has 0 fully saturated rings. The van der Waals surface area contributed by atoms with Crippen molar-refractivity contribution in [3.05, 3.63) is 194 Å². The van der Waals surface area contributed by atoms with Crippen molar-refractivity contribution >= 4 is 54.1 Å². The molecule has 0 radical (unpaired) electrons. The molecule has 0 saturated carbocycles. The van der Waals surface area contributed by atoms with Crippen LogP contribution in [0.25, 0.3) is 105 Å². The van der Waals surface area contributed by atoms with Gasteiger partial charge in [-0.05, 0) is 73.8 Å². The quantitative estimate of drug-likeness (QED) is 0.179. The first-order valence-corrected chi connectivity index (χ1v) is 18.6. The number of nitrogens with zero attached hydrogens (tertiary/aromatic N) is 4. The Labute approximate surface area is 317 Å². The van der Waals surface area contributed by atoms with E-state index >= 15 is 0 Å². The third-order valence-corrected chi connectivity index (χ3v) is 10.8. The summed E-state index contributed by atoms with van der Waals surface area (Å²) in [6, 6.07) is 68.8. The Balaban J connectivity index is 1.20. The number of hydrogen-bond donors (Lipinski definition) is 0. The van der Waals surface area contributed by atoms with E-state index in [1.165, 1.54) is 54.2 Å². The van der Waals surface area contributed by atoms with Gasteiger partial charge >= 0.3 is 0 Å². The fraction of sp³-hybridized carbons (Fsp3) is 0. The van der Waals surface area contributed by atoms with Crippen LogP contribution in [0.2, 0.25) is 0 Å². The molecule has 2 heterocycles. The van der Waals surface area contributed by atoms with E-state index in [1.807, 2.05) is 60.7 Å². The lowest BCUT2D eigenvalue weighted by Crippen LogP contribution is -2.01. The second-order valence-electron chi connectivity index (χ2n) is 14.0. The smallest absolute Gasteiger partial charge is 0.164 e. The summed E-state index contributed by atoms with van der Waals surface area (Å²) in [5.74, 6) is 1.91. The van der Waals surface area contributed by atoms with Gasteiger partial charge in [0.25, 0.3) is 0 Å². The van der Waals surface area contributed by atoms with E-state index in [4.69, 9.17) is 15.0 Å². The van der Waals surface area contributed by atoms with Crippen LogP contribution in [-0.4, -0.2) is 19.5 Å². The number of benzene rings is 9. The van der Waals surface area contributed by atoms with Gasteiger partial charge in [0.1, 0.15) is 0 Å². The summed E-state index contributed by atoms with van der Waals surface area (Å²) in [7, 11) is 0. The lowest BCUT2D eigenvalue weighted by Gasteiger charge is -2.14. The molecule has 0 atom stereocenters. The zero-order valence-electron chi connectivity index (χ0n) is 29.8. The third-order valence-electron chi connectivity index (χ3n) is 10.8. The monoisotopic (exact) mass is 700 g/mol. The Morgan fingerprint density at radius 1 is 0.309 bits per heavy atom. The summed E-state index contributed by atoms with van der Waals surface area (Å²) in [5, 5.41) is 9.88. The highest BCUT2D eigenvalue weighted by Gasteiger charge is 2.21. The van der Waals surface area contributed by atoms with Crippen LogP contribution in [0.3, 0.4) is 0 Å². The maximum absolute atomic E-state index is 5.08. The molecule has 11 rings (SSSR count). The van der Waals surface area contributed by atoms with Crippen LogP contribution in [0.15, 0.2) is 194 Å². The Morgan fingerprint density at radius 3 is 1.58 bits per heavy atom. The molecule has 4 nitrogen and oxygen atoms in total. The maximum atomic E-state index is 5.08. The molecule has 0 unspecified atom stereocenters. The van der Waals surface area contributed by atoms with Crippen molar-refractivity contribution < 1.29 is 0 Å². The first-order valence-electron chi connectivity index (χ1n) is 18.6. The van der Waals surface area contributed by atoms with E-state index in [0.717, 1.165) is 33.4 Å². The molecule has 0 aliphatic heterocycles. The Kier molecular flexibility index (Phi) is 7.14. The Morgan fingerprint density at radius 2 is 0.855 bits per heavy atom. The summed E-state index contributed by atoms with van der Waals surface area (Å²) in [4.78, 5) is 15.1. The number of aromatic nitrogens is 4. The zero-order valence-corrected chi connectivity index (χ0v) is 29.8. The average Bonchev–Trinajstić information content (AvgIpc) is 3.61. The molecular weight excluding hydrogens is 669 g/mol. The van der Waals surface area contributed by atoms with Gasteiger partial charge in [-0.25, -0.2) is 15.0 Å². The predicted molar refractivity (Wildman–Crippen MR) is 228 cm³/mol. The molecule has 11 aromatic rings. The van der Waals surface area contributed by atoms with E-state index in [2.05, 4.69) is 138 Å². The van der Waals surface area contributed by atoms with Crippen LogP contribution in [0.5, 0.6) is 0 Å². The van der Waals surface area contributed by atoms with Crippen molar-refractivity contribution in [2.24, 2.45) is 0 Å². The van der Waals surface area contributed by atoms with Crippen molar-refractivity contribution in [2.45, 2.75) is 0 Å². The van der Waals surface area contributed by atoms with Gasteiger partial charge in [-0.3, -0.25) is 0 Å². The molecule has 0 bridgehead atoms. The Hall–Kier alpha value is -7.43. The molecular formula is C51H32N4. The van der Waals surface area contributed by atoms with E-state index in [-0.39, 0.29) is 0 Å². The van der Waals surface area contributed by atoms with Crippen molar-refractivity contribution in [3.63, 3.8) is 0 Å². The highest BCUT2D eigenvalue weighted by molar-refractivity contribution is 6.30. The molecule has 55 heavy (non-hydrogen) atoms. The van der Waals surface area contributed by atoms with Crippen LogP contribution in [0, 0.1) is 0 Å². The summed E-state index contributed by atoms with van der Waals surface area (Å²) >= 11 is 0. The minimum Gasteiger partial charge on any atom is -0.309 e. The molecule has 4 heteroatoms. The summed E-state index contributed by atoms with van der Waals surface area (Å²) < 4.78 is 2.43. The normalized spacial score (nSPS) is 11.6. The predicted octanol–water partition coefficient (Wildman–Crippen LogP) is 13.1. The molecule has 0 saturated heterocycles. The van der Waals surface area contributed by atoms with Gasteiger partial charge in [0.15, 0.2) is 17.5 Å². The fourth-order valence-corrected chi connectivity index (χ4v) is 8.23. The molecule has 9 aromatic carbocycles. The van der Waals surface area contributed by atoms with Gasteiger partial charge in [0, 0.05) is 33.2 Å². The van der Waals surface area contributed by atoms with Crippen LogP contribution < -0.4 is 0 Å². The fourth-order valence-electron chi connectivity index (χ4n) is 8.23. The van der Waals surface area contributed by atoms with Gasteiger partial charge in [0.2, 0.25) is 0 Å². The van der Waals surface area contributed by atoms with Crippen LogP contribution >= 0.6 is 0 Å². The maximum Gasteiger partial charge on any atom is 0.164 e. The van der Waals surface area contributed by atoms with E-state index in [9.17, 15) is 0 Å². The minimum atomic E-state index is 0.628. The standard InChI is InChI=1S/C51H32N4/c1-3-16-35(17-4-1)49-52-50(36-18-5-2-6-19-36)54-51(53-49)39-21-13-22-40(31-39)55-45-29-28-34-15-9-10-23-41(34)47(45)48-43-25-12-11-24-42(43)44(32-46(48)55)38-27-26-33-14-7-8-20-37(33)30-38/h1-32H. The molecule has 0 amide bonds. The van der Waals surface area contributed by atoms with Crippen LogP contribution in [0.4, 0.5) is 0 Å². The average molecular weight is 701 g/mol. The number of hydrogen-bond acceptors (Lipinski definition) is 3. The van der Waals surface area contributed by atoms with E-state index in [1.54, 1.807) is 0 Å². The van der Waals surface area contributed by atoms with Crippen molar-refractivity contribution in [1.29, 1.82) is 0 Å².